The number of amides is 1. The van der Waals surface area contributed by atoms with Crippen LogP contribution in [-0.2, 0) is 23.0 Å². The van der Waals surface area contributed by atoms with Gasteiger partial charge in [0.05, 0.1) is 12.7 Å². The van der Waals surface area contributed by atoms with Crippen LogP contribution >= 0.6 is 0 Å². The Morgan fingerprint density at radius 3 is 2.81 bits per heavy atom. The number of benzene rings is 1. The molecule has 0 aliphatic carbocycles. The highest BCUT2D eigenvalue weighted by atomic mass is 16.5. The van der Waals surface area contributed by atoms with E-state index in [2.05, 4.69) is 5.10 Å². The highest BCUT2D eigenvalue weighted by Gasteiger charge is 2.38. The van der Waals surface area contributed by atoms with Gasteiger partial charge in [0.15, 0.2) is 0 Å². The summed E-state index contributed by atoms with van der Waals surface area (Å²) in [5.41, 5.74) is 0.640. The van der Waals surface area contributed by atoms with Gasteiger partial charge in [0, 0.05) is 33.3 Å². The SMILES string of the molecule is COC1(COc2ccccc2)CCCN(C(=O)CCc2cnn(C)c2)C1. The standard InChI is InChI=1S/C20H27N3O3/c1-22-14-17(13-21-22)9-10-19(24)23-12-6-11-20(15-23,25-2)16-26-18-7-4-3-5-8-18/h3-5,7-8,13-14H,6,9-12,15-16H2,1-2H3. The van der Waals surface area contributed by atoms with E-state index in [1.807, 2.05) is 54.7 Å². The lowest BCUT2D eigenvalue weighted by Gasteiger charge is -2.41. The Hall–Kier alpha value is -2.34. The lowest BCUT2D eigenvalue weighted by molar-refractivity contribution is -0.143. The van der Waals surface area contributed by atoms with E-state index >= 15 is 0 Å². The first-order valence-corrected chi connectivity index (χ1v) is 9.08. The Morgan fingerprint density at radius 1 is 1.31 bits per heavy atom. The second-order valence-corrected chi connectivity index (χ2v) is 6.93. The molecular weight excluding hydrogens is 330 g/mol. The van der Waals surface area contributed by atoms with Gasteiger partial charge in [-0.15, -0.1) is 0 Å². The summed E-state index contributed by atoms with van der Waals surface area (Å²) in [5.74, 6) is 0.985. The molecular formula is C20H27N3O3. The summed E-state index contributed by atoms with van der Waals surface area (Å²) >= 11 is 0. The van der Waals surface area contributed by atoms with Crippen molar-refractivity contribution in [2.45, 2.75) is 31.3 Å². The van der Waals surface area contributed by atoms with Gasteiger partial charge in [0.2, 0.25) is 5.91 Å². The van der Waals surface area contributed by atoms with E-state index in [0.717, 1.165) is 30.7 Å². The Morgan fingerprint density at radius 2 is 2.12 bits per heavy atom. The quantitative estimate of drug-likeness (QED) is 0.764. The Kier molecular flexibility index (Phi) is 5.93. The number of piperidine rings is 1. The summed E-state index contributed by atoms with van der Waals surface area (Å²) in [7, 11) is 3.59. The van der Waals surface area contributed by atoms with Crippen LogP contribution in [-0.4, -0.2) is 53.0 Å². The first-order valence-electron chi connectivity index (χ1n) is 9.08. The van der Waals surface area contributed by atoms with E-state index in [4.69, 9.17) is 9.47 Å². The maximum absolute atomic E-state index is 12.7. The summed E-state index contributed by atoms with van der Waals surface area (Å²) in [5, 5.41) is 4.15. The van der Waals surface area contributed by atoms with Crippen LogP contribution in [0.2, 0.25) is 0 Å². The van der Waals surface area contributed by atoms with Gasteiger partial charge >= 0.3 is 0 Å². The Balaban J connectivity index is 1.56. The molecule has 2 aromatic rings. The van der Waals surface area contributed by atoms with Crippen molar-refractivity contribution in [3.8, 4) is 5.75 Å². The predicted molar refractivity (Wildman–Crippen MR) is 99.0 cm³/mol. The number of hydrogen-bond donors (Lipinski definition) is 0. The van der Waals surface area contributed by atoms with Crippen molar-refractivity contribution in [3.63, 3.8) is 0 Å². The van der Waals surface area contributed by atoms with Crippen LogP contribution < -0.4 is 4.74 Å². The number of likely N-dealkylation sites (tertiary alicyclic amines) is 1. The molecule has 140 valence electrons. The van der Waals surface area contributed by atoms with Gasteiger partial charge in [-0.05, 0) is 37.0 Å². The molecule has 0 radical (unpaired) electrons. The highest BCUT2D eigenvalue weighted by Crippen LogP contribution is 2.26. The molecule has 1 atom stereocenters. The monoisotopic (exact) mass is 357 g/mol. The van der Waals surface area contributed by atoms with E-state index in [1.165, 1.54) is 0 Å². The molecule has 0 saturated carbocycles. The van der Waals surface area contributed by atoms with Crippen LogP contribution in [0.5, 0.6) is 5.75 Å². The minimum atomic E-state index is -0.446. The van der Waals surface area contributed by atoms with Crippen molar-refractivity contribution in [3.05, 3.63) is 48.3 Å². The van der Waals surface area contributed by atoms with Crippen LogP contribution in [0.4, 0.5) is 0 Å². The van der Waals surface area contributed by atoms with Crippen LogP contribution in [0.25, 0.3) is 0 Å². The molecule has 1 fully saturated rings. The average Bonchev–Trinajstić information content (AvgIpc) is 3.11. The zero-order valence-electron chi connectivity index (χ0n) is 15.6. The normalized spacial score (nSPS) is 20.2. The van der Waals surface area contributed by atoms with Gasteiger partial charge < -0.3 is 14.4 Å². The number of carbonyl (C=O) groups excluding carboxylic acids is 1. The summed E-state index contributed by atoms with van der Waals surface area (Å²) < 4.78 is 13.5. The summed E-state index contributed by atoms with van der Waals surface area (Å²) in [6.07, 6.45) is 6.79. The van der Waals surface area contributed by atoms with Gasteiger partial charge in [-0.25, -0.2) is 0 Å². The lowest BCUT2D eigenvalue weighted by Crippen LogP contribution is -2.54. The van der Waals surface area contributed by atoms with Gasteiger partial charge in [-0.1, -0.05) is 18.2 Å². The van der Waals surface area contributed by atoms with Crippen molar-refractivity contribution < 1.29 is 14.3 Å². The predicted octanol–water partition coefficient (Wildman–Crippen LogP) is 2.44. The molecule has 3 rings (SSSR count). The second-order valence-electron chi connectivity index (χ2n) is 6.93. The molecule has 1 aromatic heterocycles. The van der Waals surface area contributed by atoms with Crippen LogP contribution in [0, 0.1) is 0 Å². The molecule has 1 aliphatic heterocycles. The number of aromatic nitrogens is 2. The van der Waals surface area contributed by atoms with E-state index in [9.17, 15) is 4.79 Å². The van der Waals surface area contributed by atoms with Gasteiger partial charge in [-0.2, -0.15) is 5.10 Å². The van der Waals surface area contributed by atoms with Crippen LogP contribution in [0.15, 0.2) is 42.7 Å². The molecule has 2 heterocycles. The number of rotatable bonds is 7. The third kappa shape index (κ3) is 4.64. The molecule has 0 N–H and O–H groups in total. The maximum Gasteiger partial charge on any atom is 0.223 e. The summed E-state index contributed by atoms with van der Waals surface area (Å²) in [6, 6.07) is 9.72. The molecule has 6 nitrogen and oxygen atoms in total. The number of aryl methyl sites for hydroxylation is 2. The zero-order chi connectivity index (χ0) is 18.4. The average molecular weight is 357 g/mol. The zero-order valence-corrected chi connectivity index (χ0v) is 15.6. The smallest absolute Gasteiger partial charge is 0.223 e. The van der Waals surface area contributed by atoms with Crippen LogP contribution in [0.3, 0.4) is 0 Å². The topological polar surface area (TPSA) is 56.6 Å². The number of carbonyl (C=O) groups is 1. The molecule has 1 aliphatic rings. The van der Waals surface area contributed by atoms with Gasteiger partial charge in [-0.3, -0.25) is 9.48 Å². The molecule has 0 bridgehead atoms. The van der Waals surface area contributed by atoms with Crippen molar-refractivity contribution in [1.82, 2.24) is 14.7 Å². The first-order chi connectivity index (χ1) is 12.6. The van der Waals surface area contributed by atoms with E-state index in [0.29, 0.717) is 26.0 Å². The lowest BCUT2D eigenvalue weighted by atomic mass is 9.93. The molecule has 1 unspecified atom stereocenters. The molecule has 1 aromatic carbocycles. The van der Waals surface area contributed by atoms with E-state index in [-0.39, 0.29) is 5.91 Å². The first kappa shape index (κ1) is 18.5. The largest absolute Gasteiger partial charge is 0.491 e. The van der Waals surface area contributed by atoms with Crippen LogP contribution in [0.1, 0.15) is 24.8 Å². The van der Waals surface area contributed by atoms with E-state index in [1.54, 1.807) is 11.8 Å². The minimum absolute atomic E-state index is 0.162. The van der Waals surface area contributed by atoms with Crippen molar-refractivity contribution in [2.24, 2.45) is 7.05 Å². The van der Waals surface area contributed by atoms with Gasteiger partial charge in [0.25, 0.3) is 0 Å². The Labute approximate surface area is 154 Å². The number of nitrogens with zero attached hydrogens (tertiary/aromatic N) is 3. The third-order valence-electron chi connectivity index (χ3n) is 4.96. The van der Waals surface area contributed by atoms with Gasteiger partial charge in [0.1, 0.15) is 18.0 Å². The summed E-state index contributed by atoms with van der Waals surface area (Å²) in [4.78, 5) is 14.6. The third-order valence-corrected chi connectivity index (χ3v) is 4.96. The molecule has 1 amide bonds. The second kappa shape index (κ2) is 8.36. The fourth-order valence-electron chi connectivity index (χ4n) is 3.40. The van der Waals surface area contributed by atoms with Crippen molar-refractivity contribution in [1.29, 1.82) is 0 Å². The summed E-state index contributed by atoms with van der Waals surface area (Å²) in [6.45, 7) is 1.80. The fourth-order valence-corrected chi connectivity index (χ4v) is 3.40. The number of methoxy groups -OCH3 is 1. The molecule has 1 saturated heterocycles. The minimum Gasteiger partial charge on any atom is -0.491 e. The highest BCUT2D eigenvalue weighted by molar-refractivity contribution is 5.76. The maximum atomic E-state index is 12.7. The molecule has 6 heteroatoms. The number of para-hydroxylation sites is 1. The van der Waals surface area contributed by atoms with Crippen molar-refractivity contribution in [2.75, 3.05) is 26.8 Å². The van der Waals surface area contributed by atoms with E-state index < -0.39 is 5.60 Å². The Bertz CT molecular complexity index is 716. The fraction of sp³-hybridized carbons (Fsp3) is 0.500. The number of ether oxygens (including phenoxy) is 2. The molecule has 0 spiro atoms. The van der Waals surface area contributed by atoms with Crippen molar-refractivity contribution >= 4 is 5.91 Å². The molecule has 26 heavy (non-hydrogen) atoms. The number of hydrogen-bond acceptors (Lipinski definition) is 4.